The van der Waals surface area contributed by atoms with E-state index in [1.807, 2.05) is 27.7 Å². The highest BCUT2D eigenvalue weighted by Gasteiger charge is 2.36. The van der Waals surface area contributed by atoms with Crippen molar-refractivity contribution in [3.63, 3.8) is 0 Å². The molecule has 112 valence electrons. The minimum Gasteiger partial charge on any atom is -0.492 e. The van der Waals surface area contributed by atoms with Gasteiger partial charge in [0.15, 0.2) is 5.78 Å². The molecule has 0 aliphatic carbocycles. The maximum absolute atomic E-state index is 12.7. The topological polar surface area (TPSA) is 48.4 Å². The van der Waals surface area contributed by atoms with Gasteiger partial charge in [0.2, 0.25) is 0 Å². The quantitative estimate of drug-likeness (QED) is 0.647. The highest BCUT2D eigenvalue weighted by molar-refractivity contribution is 6.02. The summed E-state index contributed by atoms with van der Waals surface area (Å²) >= 11 is 0. The van der Waals surface area contributed by atoms with Gasteiger partial charge in [0.1, 0.15) is 11.4 Å². The molecular formula is C16H25NO3. The summed E-state index contributed by atoms with van der Waals surface area (Å²) in [6.45, 7) is 9.04. The molecule has 4 nitrogen and oxygen atoms in total. The Kier molecular flexibility index (Phi) is 6.65. The summed E-state index contributed by atoms with van der Waals surface area (Å²) in [5, 5.41) is 0. The van der Waals surface area contributed by atoms with E-state index >= 15 is 0 Å². The third-order valence-electron chi connectivity index (χ3n) is 3.42. The molecule has 1 aromatic rings. The van der Waals surface area contributed by atoms with Crippen molar-refractivity contribution in [3.8, 4) is 5.75 Å². The number of hydrogen-bond donors (Lipinski definition) is 0. The Bertz CT molecular complexity index is 427. The molecule has 0 fully saturated rings. The summed E-state index contributed by atoms with van der Waals surface area (Å²) in [6.07, 6.45) is 5.43. The smallest absolute Gasteiger partial charge is 0.196 e. The average molecular weight is 279 g/mol. The van der Waals surface area contributed by atoms with Crippen LogP contribution in [-0.2, 0) is 4.74 Å². The van der Waals surface area contributed by atoms with Crippen molar-refractivity contribution in [2.45, 2.75) is 52.6 Å². The molecule has 0 radical (unpaired) electrons. The van der Waals surface area contributed by atoms with Crippen LogP contribution >= 0.6 is 0 Å². The van der Waals surface area contributed by atoms with Gasteiger partial charge in [-0.2, -0.15) is 0 Å². The SMILES string of the molecule is CCCOc1cncc(C(=O)C(CC)(CC)OCC)c1. The fourth-order valence-corrected chi connectivity index (χ4v) is 2.22. The molecule has 0 unspecified atom stereocenters. The van der Waals surface area contributed by atoms with Crippen molar-refractivity contribution in [3.05, 3.63) is 24.0 Å². The molecule has 20 heavy (non-hydrogen) atoms. The lowest BCUT2D eigenvalue weighted by molar-refractivity contribution is -0.0250. The van der Waals surface area contributed by atoms with E-state index in [-0.39, 0.29) is 5.78 Å². The van der Waals surface area contributed by atoms with E-state index in [2.05, 4.69) is 4.98 Å². The predicted octanol–water partition coefficient (Wildman–Crippen LogP) is 3.65. The van der Waals surface area contributed by atoms with Crippen molar-refractivity contribution < 1.29 is 14.3 Å². The van der Waals surface area contributed by atoms with E-state index in [1.165, 1.54) is 0 Å². The van der Waals surface area contributed by atoms with E-state index < -0.39 is 5.60 Å². The Morgan fingerprint density at radius 3 is 2.45 bits per heavy atom. The lowest BCUT2D eigenvalue weighted by atomic mass is 9.88. The number of Topliss-reactive ketones (excluding diaryl/α,β-unsaturated/α-hetero) is 1. The van der Waals surface area contributed by atoms with E-state index in [9.17, 15) is 4.79 Å². The highest BCUT2D eigenvalue weighted by Crippen LogP contribution is 2.26. The maximum Gasteiger partial charge on any atom is 0.196 e. The summed E-state index contributed by atoms with van der Waals surface area (Å²) in [7, 11) is 0. The monoisotopic (exact) mass is 279 g/mol. The summed E-state index contributed by atoms with van der Waals surface area (Å²) in [6, 6.07) is 1.75. The molecular weight excluding hydrogens is 254 g/mol. The van der Waals surface area contributed by atoms with Crippen LogP contribution in [-0.4, -0.2) is 29.6 Å². The Labute approximate surface area is 121 Å². The number of carbonyl (C=O) groups excluding carboxylic acids is 1. The van der Waals surface area contributed by atoms with E-state index in [0.29, 0.717) is 37.4 Å². The fraction of sp³-hybridized carbons (Fsp3) is 0.625. The molecule has 0 N–H and O–H groups in total. The first kappa shape index (κ1) is 16.6. The third-order valence-corrected chi connectivity index (χ3v) is 3.42. The molecule has 0 aromatic carbocycles. The van der Waals surface area contributed by atoms with Crippen LogP contribution in [0.5, 0.6) is 5.75 Å². The zero-order chi connectivity index (χ0) is 15.0. The molecule has 4 heteroatoms. The molecule has 0 aliphatic rings. The third kappa shape index (κ3) is 3.79. The lowest BCUT2D eigenvalue weighted by Gasteiger charge is -2.29. The van der Waals surface area contributed by atoms with E-state index in [4.69, 9.17) is 9.47 Å². The molecule has 1 rings (SSSR count). The number of ketones is 1. The lowest BCUT2D eigenvalue weighted by Crippen LogP contribution is -2.40. The molecule has 0 aliphatic heterocycles. The van der Waals surface area contributed by atoms with E-state index in [0.717, 1.165) is 6.42 Å². The van der Waals surface area contributed by atoms with Crippen LogP contribution in [0.4, 0.5) is 0 Å². The van der Waals surface area contributed by atoms with Crippen LogP contribution in [0.25, 0.3) is 0 Å². The van der Waals surface area contributed by atoms with Crippen LogP contribution in [0.3, 0.4) is 0 Å². The second-order valence-electron chi connectivity index (χ2n) is 4.72. The molecule has 1 heterocycles. The van der Waals surface area contributed by atoms with Gasteiger partial charge in [0, 0.05) is 18.4 Å². The number of hydrogen-bond acceptors (Lipinski definition) is 4. The van der Waals surface area contributed by atoms with Crippen LogP contribution in [0.15, 0.2) is 18.5 Å². The van der Waals surface area contributed by atoms with Crippen LogP contribution in [0.1, 0.15) is 57.3 Å². The largest absolute Gasteiger partial charge is 0.492 e. The number of aromatic nitrogens is 1. The van der Waals surface area contributed by atoms with Crippen molar-refractivity contribution in [2.75, 3.05) is 13.2 Å². The first-order chi connectivity index (χ1) is 9.63. The molecule has 1 aromatic heterocycles. The van der Waals surface area contributed by atoms with Crippen molar-refractivity contribution in [1.29, 1.82) is 0 Å². The second kappa shape index (κ2) is 8.00. The summed E-state index contributed by atoms with van der Waals surface area (Å²) in [5.74, 6) is 0.620. The first-order valence-corrected chi connectivity index (χ1v) is 7.40. The fourth-order valence-electron chi connectivity index (χ4n) is 2.22. The molecule has 0 atom stereocenters. The number of ether oxygens (including phenoxy) is 2. The first-order valence-electron chi connectivity index (χ1n) is 7.40. The molecule has 0 amide bonds. The molecule has 0 saturated heterocycles. The van der Waals surface area contributed by atoms with Gasteiger partial charge in [-0.1, -0.05) is 20.8 Å². The van der Waals surface area contributed by atoms with Crippen LogP contribution < -0.4 is 4.74 Å². The van der Waals surface area contributed by atoms with Gasteiger partial charge in [0.05, 0.1) is 12.8 Å². The van der Waals surface area contributed by atoms with Gasteiger partial charge < -0.3 is 9.47 Å². The predicted molar refractivity (Wildman–Crippen MR) is 79.3 cm³/mol. The number of nitrogens with zero attached hydrogens (tertiary/aromatic N) is 1. The summed E-state index contributed by atoms with van der Waals surface area (Å²) < 4.78 is 11.3. The van der Waals surface area contributed by atoms with Gasteiger partial charge in [-0.3, -0.25) is 9.78 Å². The van der Waals surface area contributed by atoms with E-state index in [1.54, 1.807) is 18.5 Å². The summed E-state index contributed by atoms with van der Waals surface area (Å²) in [5.41, 5.74) is -0.199. The Morgan fingerprint density at radius 2 is 1.90 bits per heavy atom. The van der Waals surface area contributed by atoms with Gasteiger partial charge in [-0.15, -0.1) is 0 Å². The number of pyridine rings is 1. The van der Waals surface area contributed by atoms with Gasteiger partial charge in [-0.05, 0) is 32.3 Å². The maximum atomic E-state index is 12.7. The molecule has 0 saturated carbocycles. The number of carbonyl (C=O) groups is 1. The number of rotatable bonds is 9. The van der Waals surface area contributed by atoms with Crippen LogP contribution in [0.2, 0.25) is 0 Å². The Morgan fingerprint density at radius 1 is 1.20 bits per heavy atom. The zero-order valence-corrected chi connectivity index (χ0v) is 12.9. The molecule has 0 spiro atoms. The Balaban J connectivity index is 2.99. The van der Waals surface area contributed by atoms with Gasteiger partial charge in [0.25, 0.3) is 0 Å². The normalized spacial score (nSPS) is 11.4. The van der Waals surface area contributed by atoms with Gasteiger partial charge >= 0.3 is 0 Å². The van der Waals surface area contributed by atoms with Crippen molar-refractivity contribution in [2.24, 2.45) is 0 Å². The highest BCUT2D eigenvalue weighted by atomic mass is 16.5. The van der Waals surface area contributed by atoms with Crippen LogP contribution in [0, 0.1) is 0 Å². The minimum atomic E-state index is -0.750. The summed E-state index contributed by atoms with van der Waals surface area (Å²) in [4.78, 5) is 16.8. The van der Waals surface area contributed by atoms with Crippen molar-refractivity contribution >= 4 is 5.78 Å². The molecule has 0 bridgehead atoms. The standard InChI is InChI=1S/C16H25NO3/c1-5-9-19-14-10-13(11-17-12-14)15(18)16(6-2,7-3)20-8-4/h10-12H,5-9H2,1-4H3. The van der Waals surface area contributed by atoms with Crippen molar-refractivity contribution in [1.82, 2.24) is 4.98 Å². The van der Waals surface area contributed by atoms with Gasteiger partial charge in [-0.25, -0.2) is 0 Å². The second-order valence-corrected chi connectivity index (χ2v) is 4.72. The minimum absolute atomic E-state index is 0.0150. The zero-order valence-electron chi connectivity index (χ0n) is 12.9. The average Bonchev–Trinajstić information content (AvgIpc) is 2.50. The Hall–Kier alpha value is -1.42.